The van der Waals surface area contributed by atoms with Crippen molar-refractivity contribution < 1.29 is 19.4 Å². The second kappa shape index (κ2) is 5.51. The fourth-order valence-corrected chi connectivity index (χ4v) is 4.78. The molecule has 1 aliphatic carbocycles. The SMILES string of the molecule is CCCCNC(=O)[C@]12C[C@@]1(C(=O)c1ccccc1)[C@H]1C=C[C@]2(CO)O1. The molecule has 1 saturated carbocycles. The lowest BCUT2D eigenvalue weighted by atomic mass is 9.72. The summed E-state index contributed by atoms with van der Waals surface area (Å²) in [5, 5.41) is 13.0. The molecule has 0 unspecified atom stereocenters. The van der Waals surface area contributed by atoms with Crippen molar-refractivity contribution in [2.75, 3.05) is 13.2 Å². The predicted molar refractivity (Wildman–Crippen MR) is 92.0 cm³/mol. The Hall–Kier alpha value is -1.98. The number of Topliss-reactive ketones (excluding diaryl/α,β-unsaturated/α-hetero) is 1. The Morgan fingerprint density at radius 1 is 1.32 bits per heavy atom. The third kappa shape index (κ3) is 1.85. The largest absolute Gasteiger partial charge is 0.393 e. The normalized spacial score (nSPS) is 37.0. The Morgan fingerprint density at radius 3 is 2.76 bits per heavy atom. The van der Waals surface area contributed by atoms with E-state index in [9.17, 15) is 14.7 Å². The molecule has 3 aliphatic rings. The maximum absolute atomic E-state index is 13.3. The van der Waals surface area contributed by atoms with Crippen molar-refractivity contribution in [1.29, 1.82) is 0 Å². The average Bonchev–Trinajstić information content (AvgIpc) is 3.14. The molecule has 0 spiro atoms. The highest BCUT2D eigenvalue weighted by Crippen LogP contribution is 2.80. The molecule has 132 valence electrons. The molecule has 4 rings (SSSR count). The molecule has 5 nitrogen and oxygen atoms in total. The van der Waals surface area contributed by atoms with E-state index < -0.39 is 22.5 Å². The summed E-state index contributed by atoms with van der Waals surface area (Å²) in [5.74, 6) is -0.241. The highest BCUT2D eigenvalue weighted by molar-refractivity contribution is 6.11. The molecule has 2 heterocycles. The highest BCUT2D eigenvalue weighted by Gasteiger charge is 2.91. The van der Waals surface area contributed by atoms with E-state index in [0.717, 1.165) is 12.8 Å². The van der Waals surface area contributed by atoms with Gasteiger partial charge in [-0.15, -0.1) is 0 Å². The maximum atomic E-state index is 13.3. The van der Waals surface area contributed by atoms with Gasteiger partial charge in [-0.1, -0.05) is 55.8 Å². The number of rotatable bonds is 7. The molecule has 2 fully saturated rings. The average molecular weight is 341 g/mol. The Labute approximate surface area is 147 Å². The smallest absolute Gasteiger partial charge is 0.230 e. The number of carbonyl (C=O) groups excluding carboxylic acids is 2. The highest BCUT2D eigenvalue weighted by atomic mass is 16.5. The number of hydrogen-bond acceptors (Lipinski definition) is 4. The van der Waals surface area contributed by atoms with Crippen LogP contribution in [0.5, 0.6) is 0 Å². The fourth-order valence-electron chi connectivity index (χ4n) is 4.78. The molecular weight excluding hydrogens is 318 g/mol. The Bertz CT molecular complexity index is 745. The Balaban J connectivity index is 1.72. The first-order valence-electron chi connectivity index (χ1n) is 8.94. The van der Waals surface area contributed by atoms with E-state index in [-0.39, 0.29) is 18.3 Å². The summed E-state index contributed by atoms with van der Waals surface area (Å²) in [5.41, 5.74) is -2.40. The molecular formula is C20H23NO4. The number of nitrogens with one attached hydrogen (secondary N) is 1. The van der Waals surface area contributed by atoms with Crippen LogP contribution in [0.15, 0.2) is 42.5 Å². The van der Waals surface area contributed by atoms with E-state index in [1.165, 1.54) is 0 Å². The summed E-state index contributed by atoms with van der Waals surface area (Å²) in [6, 6.07) is 9.05. The lowest BCUT2D eigenvalue weighted by molar-refractivity contribution is -0.136. The number of fused-ring (bicyclic) bond motifs is 5. The number of unbranched alkanes of at least 4 members (excludes halogenated alkanes) is 1. The minimum absolute atomic E-state index is 0.0663. The lowest BCUT2D eigenvalue weighted by Crippen LogP contribution is -2.51. The van der Waals surface area contributed by atoms with E-state index in [2.05, 4.69) is 12.2 Å². The third-order valence-corrected chi connectivity index (χ3v) is 6.15. The molecule has 5 heteroatoms. The first-order chi connectivity index (χ1) is 12.1. The van der Waals surface area contributed by atoms with Gasteiger partial charge in [0, 0.05) is 12.1 Å². The van der Waals surface area contributed by atoms with Crippen molar-refractivity contribution in [3.8, 4) is 0 Å². The van der Waals surface area contributed by atoms with Gasteiger partial charge in [-0.05, 0) is 12.8 Å². The molecule has 1 aromatic rings. The molecule has 2 aliphatic heterocycles. The molecule has 0 aromatic heterocycles. The zero-order valence-corrected chi connectivity index (χ0v) is 14.3. The quantitative estimate of drug-likeness (QED) is 0.451. The van der Waals surface area contributed by atoms with Crippen LogP contribution in [0.25, 0.3) is 0 Å². The van der Waals surface area contributed by atoms with Crippen LogP contribution in [0.3, 0.4) is 0 Å². The summed E-state index contributed by atoms with van der Waals surface area (Å²) >= 11 is 0. The van der Waals surface area contributed by atoms with E-state index in [1.54, 1.807) is 18.2 Å². The van der Waals surface area contributed by atoms with Crippen molar-refractivity contribution in [3.05, 3.63) is 48.0 Å². The number of aliphatic hydroxyl groups is 1. The van der Waals surface area contributed by atoms with Crippen LogP contribution < -0.4 is 5.32 Å². The van der Waals surface area contributed by atoms with Gasteiger partial charge >= 0.3 is 0 Å². The van der Waals surface area contributed by atoms with Gasteiger partial charge in [0.15, 0.2) is 5.78 Å². The van der Waals surface area contributed by atoms with E-state index >= 15 is 0 Å². The minimum Gasteiger partial charge on any atom is -0.393 e. The zero-order valence-electron chi connectivity index (χ0n) is 14.3. The van der Waals surface area contributed by atoms with E-state index in [4.69, 9.17) is 4.74 Å². The standard InChI is InChI=1S/C20H23NO4/c1-2-3-11-21-17(24)20-12-19(20,15-9-10-18(20,13-22)25-15)16(23)14-7-5-4-6-8-14/h4-10,15,22H,2-3,11-13H2,1H3,(H,21,24)/t15-,18-,19+,20+/m1/s1. The maximum Gasteiger partial charge on any atom is 0.230 e. The second-order valence-corrected chi connectivity index (χ2v) is 7.30. The van der Waals surface area contributed by atoms with Gasteiger partial charge in [-0.2, -0.15) is 0 Å². The topological polar surface area (TPSA) is 75.6 Å². The van der Waals surface area contributed by atoms with Gasteiger partial charge in [0.2, 0.25) is 5.91 Å². The van der Waals surface area contributed by atoms with Crippen LogP contribution >= 0.6 is 0 Å². The third-order valence-electron chi connectivity index (χ3n) is 6.15. The molecule has 1 aromatic carbocycles. The summed E-state index contributed by atoms with van der Waals surface area (Å²) in [6.07, 6.45) is 5.44. The molecule has 2 bridgehead atoms. The number of hydrogen-bond donors (Lipinski definition) is 2. The van der Waals surface area contributed by atoms with Crippen LogP contribution in [0.2, 0.25) is 0 Å². The van der Waals surface area contributed by atoms with Crippen LogP contribution in [-0.4, -0.2) is 41.7 Å². The Morgan fingerprint density at radius 2 is 2.08 bits per heavy atom. The lowest BCUT2D eigenvalue weighted by Gasteiger charge is -2.31. The predicted octanol–water partition coefficient (Wildman–Crippen LogP) is 1.86. The van der Waals surface area contributed by atoms with E-state index in [0.29, 0.717) is 18.5 Å². The van der Waals surface area contributed by atoms with Gasteiger partial charge in [0.1, 0.15) is 11.0 Å². The number of ketones is 1. The first-order valence-corrected chi connectivity index (χ1v) is 8.94. The van der Waals surface area contributed by atoms with Gasteiger partial charge < -0.3 is 15.2 Å². The Kier molecular flexibility index (Phi) is 3.63. The van der Waals surface area contributed by atoms with Gasteiger partial charge in [0.05, 0.1) is 18.1 Å². The van der Waals surface area contributed by atoms with Crippen molar-refractivity contribution in [2.45, 2.75) is 37.9 Å². The zero-order chi connectivity index (χ0) is 17.7. The summed E-state index contributed by atoms with van der Waals surface area (Å²) in [4.78, 5) is 26.4. The van der Waals surface area contributed by atoms with Crippen molar-refractivity contribution in [3.63, 3.8) is 0 Å². The molecule has 2 N–H and O–H groups in total. The van der Waals surface area contributed by atoms with Crippen molar-refractivity contribution in [1.82, 2.24) is 5.32 Å². The van der Waals surface area contributed by atoms with Crippen molar-refractivity contribution in [2.24, 2.45) is 10.8 Å². The first kappa shape index (κ1) is 16.5. The number of carbonyl (C=O) groups is 2. The summed E-state index contributed by atoms with van der Waals surface area (Å²) < 4.78 is 6.01. The number of aliphatic hydroxyl groups excluding tert-OH is 1. The van der Waals surface area contributed by atoms with E-state index in [1.807, 2.05) is 24.3 Å². The molecule has 1 saturated heterocycles. The molecule has 0 radical (unpaired) electrons. The summed E-state index contributed by atoms with van der Waals surface area (Å²) in [7, 11) is 0. The van der Waals surface area contributed by atoms with Crippen LogP contribution in [0.4, 0.5) is 0 Å². The molecule has 25 heavy (non-hydrogen) atoms. The number of ether oxygens (including phenoxy) is 1. The fraction of sp³-hybridized carbons (Fsp3) is 0.500. The van der Waals surface area contributed by atoms with Crippen molar-refractivity contribution >= 4 is 11.7 Å². The van der Waals surface area contributed by atoms with Crippen LogP contribution in [0, 0.1) is 10.8 Å². The summed E-state index contributed by atoms with van der Waals surface area (Å²) in [6.45, 7) is 2.33. The van der Waals surface area contributed by atoms with Gasteiger partial charge in [-0.3, -0.25) is 9.59 Å². The van der Waals surface area contributed by atoms with Crippen LogP contribution in [0.1, 0.15) is 36.5 Å². The number of benzene rings is 1. The van der Waals surface area contributed by atoms with Gasteiger partial charge in [0.25, 0.3) is 0 Å². The minimum atomic E-state index is -1.08. The molecule has 4 atom stereocenters. The van der Waals surface area contributed by atoms with Gasteiger partial charge in [-0.25, -0.2) is 0 Å². The monoisotopic (exact) mass is 341 g/mol. The molecule has 1 amide bonds. The van der Waals surface area contributed by atoms with Crippen LogP contribution in [-0.2, 0) is 9.53 Å². The second-order valence-electron chi connectivity index (χ2n) is 7.30. The number of amides is 1.